The van der Waals surface area contributed by atoms with Crippen molar-refractivity contribution in [3.8, 4) is 0 Å². The number of hydrogen-bond donors (Lipinski definition) is 2. The number of carbonyl (C=O) groups is 2. The van der Waals surface area contributed by atoms with E-state index in [1.54, 1.807) is 0 Å². The van der Waals surface area contributed by atoms with Gasteiger partial charge in [-0.25, -0.2) is 4.79 Å². The molecule has 0 spiro atoms. The minimum absolute atomic E-state index is 0.00141. The average molecular weight is 252 g/mol. The van der Waals surface area contributed by atoms with Crippen LogP contribution in [0.3, 0.4) is 0 Å². The SMILES string of the molecule is O=C(O)CCC1CCN(C(=O)NC2CC=CC2)C1. The summed E-state index contributed by atoms with van der Waals surface area (Å²) in [4.78, 5) is 24.3. The van der Waals surface area contributed by atoms with E-state index in [4.69, 9.17) is 5.11 Å². The van der Waals surface area contributed by atoms with E-state index in [0.29, 0.717) is 18.9 Å². The van der Waals surface area contributed by atoms with Crippen molar-refractivity contribution in [3.05, 3.63) is 12.2 Å². The number of carbonyl (C=O) groups excluding carboxylic acids is 1. The van der Waals surface area contributed by atoms with E-state index in [1.165, 1.54) is 0 Å². The summed E-state index contributed by atoms with van der Waals surface area (Å²) in [5.74, 6) is -0.413. The van der Waals surface area contributed by atoms with Crippen LogP contribution in [0.25, 0.3) is 0 Å². The van der Waals surface area contributed by atoms with Gasteiger partial charge >= 0.3 is 12.0 Å². The van der Waals surface area contributed by atoms with Gasteiger partial charge in [0.2, 0.25) is 0 Å². The molecule has 0 radical (unpaired) electrons. The molecule has 0 aromatic rings. The van der Waals surface area contributed by atoms with Crippen molar-refractivity contribution >= 4 is 12.0 Å². The molecule has 0 aromatic carbocycles. The number of carboxylic acid groups (broad SMARTS) is 1. The fraction of sp³-hybridized carbons (Fsp3) is 0.692. The van der Waals surface area contributed by atoms with E-state index in [1.807, 2.05) is 4.90 Å². The third kappa shape index (κ3) is 3.48. The summed E-state index contributed by atoms with van der Waals surface area (Å²) in [5.41, 5.74) is 0. The summed E-state index contributed by atoms with van der Waals surface area (Å²) in [6.45, 7) is 1.44. The lowest BCUT2D eigenvalue weighted by atomic mass is 10.0. The zero-order valence-electron chi connectivity index (χ0n) is 10.5. The molecule has 1 aliphatic heterocycles. The molecule has 2 N–H and O–H groups in total. The largest absolute Gasteiger partial charge is 0.481 e. The number of likely N-dealkylation sites (tertiary alicyclic amines) is 1. The van der Waals surface area contributed by atoms with Crippen molar-refractivity contribution in [1.82, 2.24) is 10.2 Å². The van der Waals surface area contributed by atoms with E-state index < -0.39 is 5.97 Å². The maximum absolute atomic E-state index is 12.0. The standard InChI is InChI=1S/C13H20N2O3/c16-12(17)6-5-10-7-8-15(9-10)13(18)14-11-3-1-2-4-11/h1-2,10-11H,3-9H2,(H,14,18)(H,16,17). The summed E-state index contributed by atoms with van der Waals surface area (Å²) in [5, 5.41) is 11.7. The Morgan fingerprint density at radius 1 is 1.33 bits per heavy atom. The van der Waals surface area contributed by atoms with Crippen LogP contribution in [0.5, 0.6) is 0 Å². The van der Waals surface area contributed by atoms with Gasteiger partial charge in [0.25, 0.3) is 0 Å². The first kappa shape index (κ1) is 12.9. The Morgan fingerprint density at radius 2 is 2.06 bits per heavy atom. The molecule has 1 unspecified atom stereocenters. The van der Waals surface area contributed by atoms with Gasteiger partial charge in [-0.05, 0) is 31.6 Å². The molecule has 1 saturated heterocycles. The molecular weight excluding hydrogens is 232 g/mol. The third-order valence-electron chi connectivity index (χ3n) is 3.67. The van der Waals surface area contributed by atoms with Gasteiger partial charge in [0.15, 0.2) is 0 Å². The first-order chi connectivity index (χ1) is 8.65. The van der Waals surface area contributed by atoms with Gasteiger partial charge in [0.1, 0.15) is 0 Å². The number of urea groups is 1. The second-order valence-corrected chi connectivity index (χ2v) is 5.12. The average Bonchev–Trinajstić information content (AvgIpc) is 2.96. The van der Waals surface area contributed by atoms with Crippen molar-refractivity contribution in [2.75, 3.05) is 13.1 Å². The third-order valence-corrected chi connectivity index (χ3v) is 3.67. The number of rotatable bonds is 4. The lowest BCUT2D eigenvalue weighted by Crippen LogP contribution is -2.43. The molecular formula is C13H20N2O3. The van der Waals surface area contributed by atoms with Crippen molar-refractivity contribution in [1.29, 1.82) is 0 Å². The first-order valence-corrected chi connectivity index (χ1v) is 6.57. The molecule has 18 heavy (non-hydrogen) atoms. The molecule has 5 heteroatoms. The minimum atomic E-state index is -0.755. The lowest BCUT2D eigenvalue weighted by Gasteiger charge is -2.20. The van der Waals surface area contributed by atoms with Crippen LogP contribution < -0.4 is 5.32 Å². The van der Waals surface area contributed by atoms with Crippen molar-refractivity contribution < 1.29 is 14.7 Å². The van der Waals surface area contributed by atoms with Crippen molar-refractivity contribution in [2.45, 2.75) is 38.1 Å². The van der Waals surface area contributed by atoms with E-state index in [9.17, 15) is 9.59 Å². The maximum atomic E-state index is 12.0. The summed E-state index contributed by atoms with van der Waals surface area (Å²) >= 11 is 0. The highest BCUT2D eigenvalue weighted by molar-refractivity contribution is 5.75. The number of nitrogens with zero attached hydrogens (tertiary/aromatic N) is 1. The van der Waals surface area contributed by atoms with Crippen LogP contribution in [-0.4, -0.2) is 41.1 Å². The van der Waals surface area contributed by atoms with Gasteiger partial charge in [-0.2, -0.15) is 0 Å². The highest BCUT2D eigenvalue weighted by Crippen LogP contribution is 2.21. The van der Waals surface area contributed by atoms with E-state index >= 15 is 0 Å². The fourth-order valence-corrected chi connectivity index (χ4v) is 2.58. The molecule has 0 aromatic heterocycles. The van der Waals surface area contributed by atoms with Gasteiger partial charge in [-0.15, -0.1) is 0 Å². The van der Waals surface area contributed by atoms with Gasteiger partial charge in [-0.3, -0.25) is 4.79 Å². The van der Waals surface area contributed by atoms with Gasteiger partial charge < -0.3 is 15.3 Å². The second kappa shape index (κ2) is 5.89. The number of aliphatic carboxylic acids is 1. The second-order valence-electron chi connectivity index (χ2n) is 5.12. The molecule has 0 saturated carbocycles. The van der Waals surface area contributed by atoms with Gasteiger partial charge in [-0.1, -0.05) is 12.2 Å². The summed E-state index contributed by atoms with van der Waals surface area (Å²) < 4.78 is 0. The van der Waals surface area contributed by atoms with Gasteiger partial charge in [0, 0.05) is 25.6 Å². The Kier molecular flexibility index (Phi) is 4.23. The molecule has 2 rings (SSSR count). The number of nitrogens with one attached hydrogen (secondary N) is 1. The Hall–Kier alpha value is -1.52. The van der Waals surface area contributed by atoms with Crippen LogP contribution in [-0.2, 0) is 4.79 Å². The van der Waals surface area contributed by atoms with E-state index in [2.05, 4.69) is 17.5 Å². The maximum Gasteiger partial charge on any atom is 0.317 e. The Labute approximate surface area is 107 Å². The van der Waals surface area contributed by atoms with Crippen LogP contribution in [0.1, 0.15) is 32.1 Å². The number of carboxylic acids is 1. The molecule has 100 valence electrons. The quantitative estimate of drug-likeness (QED) is 0.747. The number of amides is 2. The lowest BCUT2D eigenvalue weighted by molar-refractivity contribution is -0.137. The van der Waals surface area contributed by atoms with Gasteiger partial charge in [0.05, 0.1) is 0 Å². The Bertz CT molecular complexity index is 346. The van der Waals surface area contributed by atoms with Crippen LogP contribution in [0, 0.1) is 5.92 Å². The normalized spacial score (nSPS) is 23.6. The smallest absolute Gasteiger partial charge is 0.317 e. The summed E-state index contributed by atoms with van der Waals surface area (Å²) in [6.07, 6.45) is 7.81. The molecule has 0 bridgehead atoms. The zero-order chi connectivity index (χ0) is 13.0. The molecule has 1 atom stereocenters. The molecule has 1 fully saturated rings. The van der Waals surface area contributed by atoms with Crippen LogP contribution in [0.15, 0.2) is 12.2 Å². The topological polar surface area (TPSA) is 69.6 Å². The highest BCUT2D eigenvalue weighted by Gasteiger charge is 2.27. The van der Waals surface area contributed by atoms with E-state index in [0.717, 1.165) is 25.8 Å². The summed E-state index contributed by atoms with van der Waals surface area (Å²) in [6, 6.07) is 0.247. The van der Waals surface area contributed by atoms with Crippen LogP contribution in [0.4, 0.5) is 4.79 Å². The zero-order valence-corrected chi connectivity index (χ0v) is 10.5. The van der Waals surface area contributed by atoms with Crippen LogP contribution in [0.2, 0.25) is 0 Å². The Balaban J connectivity index is 1.70. The highest BCUT2D eigenvalue weighted by atomic mass is 16.4. The van der Waals surface area contributed by atoms with Crippen molar-refractivity contribution in [2.24, 2.45) is 5.92 Å². The Morgan fingerprint density at radius 3 is 2.72 bits per heavy atom. The fourth-order valence-electron chi connectivity index (χ4n) is 2.58. The predicted molar refractivity (Wildman–Crippen MR) is 67.2 cm³/mol. The monoisotopic (exact) mass is 252 g/mol. The first-order valence-electron chi connectivity index (χ1n) is 6.57. The molecule has 2 amide bonds. The molecule has 1 heterocycles. The number of hydrogen-bond acceptors (Lipinski definition) is 2. The molecule has 1 aliphatic carbocycles. The molecule has 5 nitrogen and oxygen atoms in total. The van der Waals surface area contributed by atoms with Crippen molar-refractivity contribution in [3.63, 3.8) is 0 Å². The van der Waals surface area contributed by atoms with Crippen LogP contribution >= 0.6 is 0 Å². The summed E-state index contributed by atoms with van der Waals surface area (Å²) in [7, 11) is 0. The molecule has 2 aliphatic rings. The minimum Gasteiger partial charge on any atom is -0.481 e. The van der Waals surface area contributed by atoms with E-state index in [-0.39, 0.29) is 18.5 Å². The predicted octanol–water partition coefficient (Wildman–Crippen LogP) is 1.60.